The smallest absolute Gasteiger partial charge is 0.101 e. The lowest BCUT2D eigenvalue weighted by Gasteiger charge is -2.18. The summed E-state index contributed by atoms with van der Waals surface area (Å²) in [5, 5.41) is 14.9. The van der Waals surface area contributed by atoms with Crippen molar-refractivity contribution in [2.24, 2.45) is 5.92 Å². The van der Waals surface area contributed by atoms with E-state index >= 15 is 0 Å². The van der Waals surface area contributed by atoms with Gasteiger partial charge in [-0.25, -0.2) is 0 Å². The summed E-state index contributed by atoms with van der Waals surface area (Å²) in [5.74, 6) is 0.434. The maximum atomic E-state index is 10.3. The van der Waals surface area contributed by atoms with E-state index in [9.17, 15) is 5.11 Å². The quantitative estimate of drug-likeness (QED) is 0.929. The molecular weight excluding hydrogens is 318 g/mol. The molecule has 1 aliphatic heterocycles. The van der Waals surface area contributed by atoms with Crippen molar-refractivity contribution in [1.29, 1.82) is 0 Å². The fourth-order valence-electron chi connectivity index (χ4n) is 3.14. The number of nitrogens with zero attached hydrogens (tertiary/aromatic N) is 3. The second kappa shape index (κ2) is 5.96. The van der Waals surface area contributed by atoms with E-state index in [2.05, 4.69) is 26.8 Å². The number of aromatic nitrogens is 2. The first kappa shape index (κ1) is 14.7. The van der Waals surface area contributed by atoms with Crippen LogP contribution in [0.5, 0.6) is 0 Å². The Bertz CT molecular complexity index is 664. The number of fused-ring (bicyclic) bond motifs is 1. The molecule has 1 aliphatic carbocycles. The SMILES string of the molecule is O[C@@H](c1cc2n(n1)CCCN(Cc1ccc(Cl)s1)C2)C1CC1. The first-order valence-electron chi connectivity index (χ1n) is 7.90. The zero-order valence-corrected chi connectivity index (χ0v) is 14.0. The first-order valence-corrected chi connectivity index (χ1v) is 9.10. The summed E-state index contributed by atoms with van der Waals surface area (Å²) < 4.78 is 2.94. The third kappa shape index (κ3) is 3.08. The van der Waals surface area contributed by atoms with Gasteiger partial charge in [0.15, 0.2) is 0 Å². The minimum absolute atomic E-state index is 0.371. The molecule has 0 radical (unpaired) electrons. The monoisotopic (exact) mass is 337 g/mol. The molecule has 1 N–H and O–H groups in total. The summed E-state index contributed by atoms with van der Waals surface area (Å²) in [6.45, 7) is 3.83. The van der Waals surface area contributed by atoms with Gasteiger partial charge in [0.2, 0.25) is 0 Å². The highest BCUT2D eigenvalue weighted by molar-refractivity contribution is 7.16. The largest absolute Gasteiger partial charge is 0.386 e. The van der Waals surface area contributed by atoms with Crippen molar-refractivity contribution in [3.63, 3.8) is 0 Å². The summed E-state index contributed by atoms with van der Waals surface area (Å²) in [6.07, 6.45) is 2.99. The number of hydrogen-bond acceptors (Lipinski definition) is 4. The van der Waals surface area contributed by atoms with E-state index in [0.29, 0.717) is 5.92 Å². The molecule has 118 valence electrons. The standard InChI is InChI=1S/C16H20ClN3OS/c17-15-5-4-13(22-15)10-19-6-1-7-20-12(9-19)8-14(18-20)16(21)11-2-3-11/h4-5,8,11,16,21H,1-3,6-7,9-10H2/t16-/m1/s1. The lowest BCUT2D eigenvalue weighted by Crippen LogP contribution is -2.22. The Hall–Kier alpha value is -0.880. The number of rotatable bonds is 4. The fraction of sp³-hybridized carbons (Fsp3) is 0.562. The summed E-state index contributed by atoms with van der Waals surface area (Å²) in [5.41, 5.74) is 2.08. The van der Waals surface area contributed by atoms with Crippen molar-refractivity contribution in [2.75, 3.05) is 6.54 Å². The van der Waals surface area contributed by atoms with Crippen LogP contribution in [0.3, 0.4) is 0 Å². The summed E-state index contributed by atoms with van der Waals surface area (Å²) in [7, 11) is 0. The van der Waals surface area contributed by atoms with Crippen LogP contribution in [0.4, 0.5) is 0 Å². The Morgan fingerprint density at radius 1 is 1.36 bits per heavy atom. The van der Waals surface area contributed by atoms with Crippen LogP contribution in [0.25, 0.3) is 0 Å². The average Bonchev–Trinajstić information content (AvgIpc) is 3.20. The van der Waals surface area contributed by atoms with Crippen LogP contribution in [0.15, 0.2) is 18.2 Å². The molecule has 2 aromatic heterocycles. The van der Waals surface area contributed by atoms with Gasteiger partial charge in [-0.1, -0.05) is 11.6 Å². The highest BCUT2D eigenvalue weighted by Crippen LogP contribution is 2.40. The van der Waals surface area contributed by atoms with Crippen molar-refractivity contribution in [1.82, 2.24) is 14.7 Å². The van der Waals surface area contributed by atoms with Crippen molar-refractivity contribution < 1.29 is 5.11 Å². The third-order valence-electron chi connectivity index (χ3n) is 4.49. The number of hydrogen-bond donors (Lipinski definition) is 1. The zero-order chi connectivity index (χ0) is 15.1. The molecule has 0 spiro atoms. The maximum Gasteiger partial charge on any atom is 0.101 e. The van der Waals surface area contributed by atoms with E-state index in [0.717, 1.165) is 55.5 Å². The molecule has 2 aliphatic rings. The molecular formula is C16H20ClN3OS. The lowest BCUT2D eigenvalue weighted by atomic mass is 10.1. The Balaban J connectivity index is 1.49. The number of aliphatic hydroxyl groups is 1. The minimum Gasteiger partial charge on any atom is -0.386 e. The van der Waals surface area contributed by atoms with Gasteiger partial charge in [0, 0.05) is 31.1 Å². The summed E-state index contributed by atoms with van der Waals surface area (Å²) in [6, 6.07) is 6.17. The van der Waals surface area contributed by atoms with E-state index < -0.39 is 0 Å². The van der Waals surface area contributed by atoms with Crippen LogP contribution in [0, 0.1) is 5.92 Å². The molecule has 6 heteroatoms. The van der Waals surface area contributed by atoms with E-state index in [1.165, 1.54) is 10.6 Å². The molecule has 1 atom stereocenters. The van der Waals surface area contributed by atoms with Gasteiger partial charge in [-0.3, -0.25) is 9.58 Å². The maximum absolute atomic E-state index is 10.3. The van der Waals surface area contributed by atoms with Crippen molar-refractivity contribution in [2.45, 2.75) is 45.0 Å². The molecule has 22 heavy (non-hydrogen) atoms. The van der Waals surface area contributed by atoms with Gasteiger partial charge in [-0.2, -0.15) is 5.10 Å². The predicted molar refractivity (Wildman–Crippen MR) is 88.0 cm³/mol. The van der Waals surface area contributed by atoms with E-state index in [-0.39, 0.29) is 6.10 Å². The number of halogens is 1. The Morgan fingerprint density at radius 3 is 2.95 bits per heavy atom. The highest BCUT2D eigenvalue weighted by atomic mass is 35.5. The van der Waals surface area contributed by atoms with Crippen LogP contribution in [0.1, 0.15) is 41.6 Å². The molecule has 0 saturated heterocycles. The van der Waals surface area contributed by atoms with Gasteiger partial charge in [0.05, 0.1) is 15.7 Å². The molecule has 0 amide bonds. The van der Waals surface area contributed by atoms with E-state index in [1.54, 1.807) is 11.3 Å². The Morgan fingerprint density at radius 2 is 2.23 bits per heavy atom. The second-order valence-electron chi connectivity index (χ2n) is 6.34. The molecule has 4 rings (SSSR count). The van der Waals surface area contributed by atoms with Gasteiger partial charge >= 0.3 is 0 Å². The van der Waals surface area contributed by atoms with Crippen LogP contribution >= 0.6 is 22.9 Å². The van der Waals surface area contributed by atoms with Gasteiger partial charge in [0.25, 0.3) is 0 Å². The van der Waals surface area contributed by atoms with Crippen LogP contribution < -0.4 is 0 Å². The first-order chi connectivity index (χ1) is 10.7. The molecule has 2 aromatic rings. The summed E-state index contributed by atoms with van der Waals surface area (Å²) in [4.78, 5) is 3.74. The molecule has 4 nitrogen and oxygen atoms in total. The number of thiophene rings is 1. The van der Waals surface area contributed by atoms with E-state index in [4.69, 9.17) is 11.6 Å². The fourth-order valence-corrected chi connectivity index (χ4v) is 4.27. The molecule has 1 saturated carbocycles. The van der Waals surface area contributed by atoms with Crippen LogP contribution in [0.2, 0.25) is 4.34 Å². The zero-order valence-electron chi connectivity index (χ0n) is 12.4. The molecule has 1 fully saturated rings. The van der Waals surface area contributed by atoms with E-state index in [1.807, 2.05) is 6.07 Å². The molecule has 3 heterocycles. The van der Waals surface area contributed by atoms with Gasteiger partial charge in [0.1, 0.15) is 6.10 Å². The molecule has 0 bridgehead atoms. The lowest BCUT2D eigenvalue weighted by molar-refractivity contribution is 0.148. The summed E-state index contributed by atoms with van der Waals surface area (Å²) >= 11 is 7.68. The molecule has 0 unspecified atom stereocenters. The predicted octanol–water partition coefficient (Wildman–Crippen LogP) is 3.45. The van der Waals surface area contributed by atoms with Crippen molar-refractivity contribution in [3.05, 3.63) is 38.8 Å². The minimum atomic E-state index is -0.371. The topological polar surface area (TPSA) is 41.3 Å². The normalized spacial score (nSPS) is 20.6. The highest BCUT2D eigenvalue weighted by Gasteiger charge is 2.33. The number of aliphatic hydroxyl groups excluding tert-OH is 1. The van der Waals surface area contributed by atoms with Crippen molar-refractivity contribution in [3.8, 4) is 0 Å². The average molecular weight is 338 g/mol. The third-order valence-corrected chi connectivity index (χ3v) is 5.71. The Labute approximate surface area is 139 Å². The Kier molecular flexibility index (Phi) is 3.98. The van der Waals surface area contributed by atoms with Gasteiger partial charge in [-0.15, -0.1) is 11.3 Å². The number of aryl methyl sites for hydroxylation is 1. The van der Waals surface area contributed by atoms with Crippen LogP contribution in [-0.2, 0) is 19.6 Å². The second-order valence-corrected chi connectivity index (χ2v) is 8.14. The van der Waals surface area contributed by atoms with Crippen molar-refractivity contribution >= 4 is 22.9 Å². The molecule has 0 aromatic carbocycles. The van der Waals surface area contributed by atoms with Crippen LogP contribution in [-0.4, -0.2) is 26.3 Å². The van der Waals surface area contributed by atoms with Gasteiger partial charge in [-0.05, 0) is 43.4 Å². The van der Waals surface area contributed by atoms with Gasteiger partial charge < -0.3 is 5.11 Å².